The van der Waals surface area contributed by atoms with Gasteiger partial charge in [0.05, 0.1) is 12.1 Å². The number of aliphatic hydroxyl groups is 1. The van der Waals surface area contributed by atoms with Crippen LogP contribution in [0.15, 0.2) is 12.2 Å². The zero-order valence-electron chi connectivity index (χ0n) is 24.9. The molecule has 0 rings (SSSR count). The fourth-order valence-corrected chi connectivity index (χ4v) is 2.95. The Morgan fingerprint density at radius 2 is 1.29 bits per heavy atom. The monoisotopic (exact) mass is 543 g/mol. The molecule has 0 aromatic carbocycles. The Morgan fingerprint density at radius 3 is 1.76 bits per heavy atom. The molecular formula is C27H49N3O8. The van der Waals surface area contributed by atoms with Gasteiger partial charge in [0.1, 0.15) is 22.8 Å². The summed E-state index contributed by atoms with van der Waals surface area (Å²) in [6, 6.07) is -1.69. The van der Waals surface area contributed by atoms with Crippen molar-refractivity contribution in [2.24, 2.45) is 5.92 Å². The van der Waals surface area contributed by atoms with Gasteiger partial charge < -0.3 is 35.3 Å². The van der Waals surface area contributed by atoms with Crippen molar-refractivity contribution in [3.8, 4) is 0 Å². The summed E-state index contributed by atoms with van der Waals surface area (Å²) >= 11 is 0. The second kappa shape index (κ2) is 14.9. The fourth-order valence-electron chi connectivity index (χ4n) is 2.95. The van der Waals surface area contributed by atoms with Crippen LogP contribution in [0.25, 0.3) is 0 Å². The predicted octanol–water partition coefficient (Wildman–Crippen LogP) is 3.58. The Bertz CT molecular complexity index is 820. The van der Waals surface area contributed by atoms with Crippen LogP contribution in [0.5, 0.6) is 0 Å². The zero-order chi connectivity index (χ0) is 29.9. The first-order valence-electron chi connectivity index (χ1n) is 12.9. The van der Waals surface area contributed by atoms with E-state index in [2.05, 4.69) is 16.0 Å². The molecule has 0 aromatic heterocycles. The van der Waals surface area contributed by atoms with Gasteiger partial charge >= 0.3 is 18.2 Å². The zero-order valence-corrected chi connectivity index (χ0v) is 24.9. The summed E-state index contributed by atoms with van der Waals surface area (Å²) in [6.07, 6.45) is 0.286. The lowest BCUT2D eigenvalue weighted by Crippen LogP contribution is -2.52. The van der Waals surface area contributed by atoms with Crippen LogP contribution in [0.2, 0.25) is 0 Å². The highest BCUT2D eigenvalue weighted by atomic mass is 16.6. The third-order valence-corrected chi connectivity index (χ3v) is 4.53. The van der Waals surface area contributed by atoms with Crippen molar-refractivity contribution in [3.05, 3.63) is 12.2 Å². The highest BCUT2D eigenvalue weighted by Crippen LogP contribution is 2.12. The molecule has 3 atom stereocenters. The Morgan fingerprint density at radius 1 is 0.789 bits per heavy atom. The second-order valence-corrected chi connectivity index (χ2v) is 12.5. The van der Waals surface area contributed by atoms with Gasteiger partial charge in [0.2, 0.25) is 5.91 Å². The normalized spacial score (nSPS) is 14.9. The van der Waals surface area contributed by atoms with Crippen molar-refractivity contribution in [2.45, 2.75) is 124 Å². The molecule has 0 radical (unpaired) electrons. The fraction of sp³-hybridized carbons (Fsp3) is 0.778. The Kier molecular flexibility index (Phi) is 13.8. The van der Waals surface area contributed by atoms with Gasteiger partial charge in [-0.3, -0.25) is 4.79 Å². The van der Waals surface area contributed by atoms with Crippen molar-refractivity contribution < 1.29 is 38.5 Å². The van der Waals surface area contributed by atoms with E-state index in [1.807, 2.05) is 13.8 Å². The van der Waals surface area contributed by atoms with Crippen LogP contribution in [0.1, 0.15) is 89.0 Å². The SMILES string of the molecule is CC(C)[C@@H](/C=C/C(=O)OC(C)(C)C)NC(=O)[C@H](C[C@@H](O)CCNC(=O)OC(C)(C)C)NC(=O)OC(C)(C)C. The number of aliphatic hydroxyl groups excluding tert-OH is 1. The van der Waals surface area contributed by atoms with E-state index in [9.17, 15) is 24.3 Å². The summed E-state index contributed by atoms with van der Waals surface area (Å²) < 4.78 is 15.7. The molecule has 0 saturated heterocycles. The first-order valence-corrected chi connectivity index (χ1v) is 12.9. The van der Waals surface area contributed by atoms with Crippen LogP contribution >= 0.6 is 0 Å². The van der Waals surface area contributed by atoms with Crippen LogP contribution in [0, 0.1) is 5.92 Å². The maximum absolute atomic E-state index is 13.2. The molecule has 4 N–H and O–H groups in total. The second-order valence-electron chi connectivity index (χ2n) is 12.5. The van der Waals surface area contributed by atoms with Crippen LogP contribution in [0.4, 0.5) is 9.59 Å². The molecule has 3 amide bonds. The predicted molar refractivity (Wildman–Crippen MR) is 144 cm³/mol. The van der Waals surface area contributed by atoms with E-state index >= 15 is 0 Å². The molecule has 0 unspecified atom stereocenters. The van der Waals surface area contributed by atoms with Crippen molar-refractivity contribution in [1.82, 2.24) is 16.0 Å². The number of amides is 3. The van der Waals surface area contributed by atoms with Gasteiger partial charge in [-0.25, -0.2) is 14.4 Å². The van der Waals surface area contributed by atoms with E-state index in [1.54, 1.807) is 62.3 Å². The number of hydrogen-bond donors (Lipinski definition) is 4. The van der Waals surface area contributed by atoms with Gasteiger partial charge in [-0.15, -0.1) is 0 Å². The third kappa shape index (κ3) is 18.4. The van der Waals surface area contributed by atoms with Gasteiger partial charge in [0.25, 0.3) is 0 Å². The topological polar surface area (TPSA) is 152 Å². The maximum Gasteiger partial charge on any atom is 0.408 e. The third-order valence-electron chi connectivity index (χ3n) is 4.53. The number of nitrogens with one attached hydrogen (secondary N) is 3. The summed E-state index contributed by atoms with van der Waals surface area (Å²) in [4.78, 5) is 49.5. The average molecular weight is 544 g/mol. The summed E-state index contributed by atoms with van der Waals surface area (Å²) in [6.45, 7) is 19.4. The minimum Gasteiger partial charge on any atom is -0.457 e. The quantitative estimate of drug-likeness (QED) is 0.175. The molecule has 0 fully saturated rings. The van der Waals surface area contributed by atoms with Crippen molar-refractivity contribution in [3.63, 3.8) is 0 Å². The highest BCUT2D eigenvalue weighted by Gasteiger charge is 2.28. The van der Waals surface area contributed by atoms with Crippen LogP contribution < -0.4 is 16.0 Å². The number of ether oxygens (including phenoxy) is 3. The number of alkyl carbamates (subject to hydrolysis) is 2. The molecule has 0 bridgehead atoms. The van der Waals surface area contributed by atoms with Gasteiger partial charge in [-0.2, -0.15) is 0 Å². The molecule has 220 valence electrons. The van der Waals surface area contributed by atoms with Crippen LogP contribution in [-0.2, 0) is 23.8 Å². The first kappa shape index (κ1) is 35.2. The molecular weight excluding hydrogens is 494 g/mol. The lowest BCUT2D eigenvalue weighted by molar-refractivity contribution is -0.148. The standard InChI is InChI=1S/C27H49N3O8/c1-17(2)19(12-13-21(32)36-25(3,4)5)29-22(33)20(30-24(35)38-27(9,10)11)16-18(31)14-15-28-23(34)37-26(6,7)8/h12-13,17-20,31H,14-16H2,1-11H3,(H,28,34)(H,29,33)(H,30,35)/b13-12+/t18-,19+,20-/m0/s1. The highest BCUT2D eigenvalue weighted by molar-refractivity contribution is 5.86. The van der Waals surface area contributed by atoms with Gasteiger partial charge in [0, 0.05) is 19.0 Å². The smallest absolute Gasteiger partial charge is 0.408 e. The lowest BCUT2D eigenvalue weighted by Gasteiger charge is -2.27. The molecule has 0 heterocycles. The molecule has 0 saturated carbocycles. The molecule has 0 spiro atoms. The number of rotatable bonds is 11. The largest absolute Gasteiger partial charge is 0.457 e. The average Bonchev–Trinajstić information content (AvgIpc) is 2.65. The van der Waals surface area contributed by atoms with E-state index < -0.39 is 59.1 Å². The Labute approximate surface area is 227 Å². The summed E-state index contributed by atoms with van der Waals surface area (Å²) in [5, 5.41) is 18.4. The minimum atomic E-state index is -1.14. The van der Waals surface area contributed by atoms with Gasteiger partial charge in [0.15, 0.2) is 0 Å². The Hall–Kier alpha value is -2.82. The summed E-state index contributed by atoms with van der Waals surface area (Å²) in [5.41, 5.74) is -2.11. The van der Waals surface area contributed by atoms with E-state index in [-0.39, 0.29) is 25.3 Å². The van der Waals surface area contributed by atoms with E-state index in [0.717, 1.165) is 0 Å². The number of carbonyl (C=O) groups excluding carboxylic acids is 4. The van der Waals surface area contributed by atoms with Crippen molar-refractivity contribution in [2.75, 3.05) is 6.54 Å². The molecule has 0 aliphatic rings. The Balaban J connectivity index is 5.40. The molecule has 38 heavy (non-hydrogen) atoms. The van der Waals surface area contributed by atoms with Crippen molar-refractivity contribution in [1.29, 1.82) is 0 Å². The molecule has 11 heteroatoms. The molecule has 0 aromatic rings. The summed E-state index contributed by atoms with van der Waals surface area (Å²) in [5.74, 6) is -1.21. The van der Waals surface area contributed by atoms with Crippen LogP contribution in [-0.4, -0.2) is 70.7 Å². The molecule has 0 aliphatic heterocycles. The van der Waals surface area contributed by atoms with Gasteiger partial charge in [-0.05, 0) is 74.7 Å². The number of carbonyl (C=O) groups is 4. The lowest BCUT2D eigenvalue weighted by atomic mass is 10.0. The van der Waals surface area contributed by atoms with E-state index in [0.29, 0.717) is 0 Å². The number of hydrogen-bond acceptors (Lipinski definition) is 8. The minimum absolute atomic E-state index is 0.0947. The summed E-state index contributed by atoms with van der Waals surface area (Å²) in [7, 11) is 0. The van der Waals surface area contributed by atoms with Crippen molar-refractivity contribution >= 4 is 24.1 Å². The number of esters is 1. The molecule has 0 aliphatic carbocycles. The van der Waals surface area contributed by atoms with Gasteiger partial charge in [-0.1, -0.05) is 19.9 Å². The molecule has 11 nitrogen and oxygen atoms in total. The maximum atomic E-state index is 13.2. The first-order chi connectivity index (χ1) is 17.1. The van der Waals surface area contributed by atoms with E-state index in [1.165, 1.54) is 12.2 Å². The van der Waals surface area contributed by atoms with E-state index in [4.69, 9.17) is 14.2 Å². The van der Waals surface area contributed by atoms with Crippen LogP contribution in [0.3, 0.4) is 0 Å².